The van der Waals surface area contributed by atoms with Crippen LogP contribution in [-0.4, -0.2) is 56.0 Å². The SMILES string of the molecule is CCOCCCNC(O)C1=N/C=C(\OC)CC/C=C/C(C(F)c2ccc(OC)nc2)=C\1. The molecule has 31 heavy (non-hydrogen) atoms. The van der Waals surface area contributed by atoms with Crippen LogP contribution >= 0.6 is 0 Å². The van der Waals surface area contributed by atoms with Gasteiger partial charge in [-0.25, -0.2) is 9.37 Å². The highest BCUT2D eigenvalue weighted by atomic mass is 19.1. The van der Waals surface area contributed by atoms with Crippen LogP contribution in [0, 0.1) is 0 Å². The summed E-state index contributed by atoms with van der Waals surface area (Å²) >= 11 is 0. The molecule has 2 heterocycles. The summed E-state index contributed by atoms with van der Waals surface area (Å²) in [6.45, 7) is 3.71. The van der Waals surface area contributed by atoms with E-state index in [-0.39, 0.29) is 5.71 Å². The first kappa shape index (κ1) is 24.7. The van der Waals surface area contributed by atoms with Crippen LogP contribution < -0.4 is 10.1 Å². The molecule has 0 radical (unpaired) electrons. The zero-order valence-electron chi connectivity index (χ0n) is 18.4. The molecule has 0 saturated heterocycles. The summed E-state index contributed by atoms with van der Waals surface area (Å²) in [5.74, 6) is 1.09. The summed E-state index contributed by atoms with van der Waals surface area (Å²) in [4.78, 5) is 8.46. The monoisotopic (exact) mass is 433 g/mol. The fraction of sp³-hybridized carbons (Fsp3) is 0.478. The van der Waals surface area contributed by atoms with Gasteiger partial charge in [-0.1, -0.05) is 12.2 Å². The Balaban J connectivity index is 2.27. The molecule has 2 rings (SSSR count). The molecule has 1 aliphatic rings. The molecule has 8 heteroatoms. The normalized spacial score (nSPS) is 22.7. The van der Waals surface area contributed by atoms with E-state index >= 15 is 4.39 Å². The molecule has 2 unspecified atom stereocenters. The molecule has 0 saturated carbocycles. The van der Waals surface area contributed by atoms with Gasteiger partial charge in [0.15, 0.2) is 6.17 Å². The second kappa shape index (κ2) is 13.7. The molecule has 1 aromatic rings. The average Bonchev–Trinajstić information content (AvgIpc) is 2.81. The van der Waals surface area contributed by atoms with E-state index < -0.39 is 12.4 Å². The van der Waals surface area contributed by atoms with Gasteiger partial charge >= 0.3 is 0 Å². The number of ether oxygens (including phenoxy) is 3. The summed E-state index contributed by atoms with van der Waals surface area (Å²) in [5.41, 5.74) is 1.05. The zero-order valence-corrected chi connectivity index (χ0v) is 18.4. The Kier molecular flexibility index (Phi) is 10.9. The van der Waals surface area contributed by atoms with Crippen LogP contribution in [0.25, 0.3) is 0 Å². The Morgan fingerprint density at radius 2 is 2.10 bits per heavy atom. The standard InChI is InChI=1S/C23H32FN3O4/c1-4-31-13-7-12-25-23(28)20-14-17(8-5-6-9-19(29-2)16-26-20)22(24)18-10-11-21(30-3)27-15-18/h5,8,10-11,14-16,22-23,25,28H,4,6-7,9,12-13H2,1-3H3/b8-5+,17-14+,19-16-,26-20+. The van der Waals surface area contributed by atoms with Crippen molar-refractivity contribution in [1.29, 1.82) is 0 Å². The van der Waals surface area contributed by atoms with Crippen molar-refractivity contribution < 1.29 is 23.7 Å². The molecule has 0 fully saturated rings. The molecule has 0 aromatic carbocycles. The lowest BCUT2D eigenvalue weighted by molar-refractivity contribution is 0.138. The van der Waals surface area contributed by atoms with E-state index in [4.69, 9.17) is 14.2 Å². The van der Waals surface area contributed by atoms with Crippen LogP contribution in [-0.2, 0) is 9.47 Å². The zero-order chi connectivity index (χ0) is 22.5. The van der Waals surface area contributed by atoms with Crippen LogP contribution in [0.3, 0.4) is 0 Å². The van der Waals surface area contributed by atoms with E-state index in [0.29, 0.717) is 55.4 Å². The number of nitrogens with one attached hydrogen (secondary N) is 1. The van der Waals surface area contributed by atoms with Crippen molar-refractivity contribution in [3.8, 4) is 5.88 Å². The largest absolute Gasteiger partial charge is 0.499 e. The van der Waals surface area contributed by atoms with Crippen molar-refractivity contribution in [2.45, 2.75) is 38.6 Å². The van der Waals surface area contributed by atoms with Crippen molar-refractivity contribution in [1.82, 2.24) is 10.3 Å². The van der Waals surface area contributed by atoms with Gasteiger partial charge in [-0.15, -0.1) is 0 Å². The average molecular weight is 434 g/mol. The first-order valence-corrected chi connectivity index (χ1v) is 10.4. The van der Waals surface area contributed by atoms with E-state index in [1.807, 2.05) is 13.0 Å². The second-order valence-electron chi connectivity index (χ2n) is 6.84. The fourth-order valence-electron chi connectivity index (χ4n) is 2.89. The lowest BCUT2D eigenvalue weighted by Crippen LogP contribution is -2.36. The number of rotatable bonds is 11. The van der Waals surface area contributed by atoms with Crippen LogP contribution in [0.5, 0.6) is 5.88 Å². The predicted molar refractivity (Wildman–Crippen MR) is 119 cm³/mol. The van der Waals surface area contributed by atoms with E-state index in [2.05, 4.69) is 15.3 Å². The van der Waals surface area contributed by atoms with Gasteiger partial charge in [0.1, 0.15) is 12.0 Å². The van der Waals surface area contributed by atoms with Gasteiger partial charge in [0.25, 0.3) is 0 Å². The van der Waals surface area contributed by atoms with Crippen LogP contribution in [0.1, 0.15) is 37.9 Å². The molecule has 0 aliphatic carbocycles. The number of allylic oxidation sites excluding steroid dienone is 4. The number of aliphatic hydroxyl groups excluding tert-OH is 1. The van der Waals surface area contributed by atoms with E-state index in [0.717, 1.165) is 6.42 Å². The third kappa shape index (κ3) is 8.24. The van der Waals surface area contributed by atoms with Gasteiger partial charge in [0.2, 0.25) is 5.88 Å². The lowest BCUT2D eigenvalue weighted by Gasteiger charge is -2.16. The van der Waals surface area contributed by atoms with Gasteiger partial charge in [-0.2, -0.15) is 0 Å². The van der Waals surface area contributed by atoms with Crippen molar-refractivity contribution in [2.24, 2.45) is 4.99 Å². The first-order valence-electron chi connectivity index (χ1n) is 10.4. The van der Waals surface area contributed by atoms with Crippen molar-refractivity contribution in [2.75, 3.05) is 34.0 Å². The number of alkyl halides is 1. The van der Waals surface area contributed by atoms with Gasteiger partial charge in [0, 0.05) is 44.0 Å². The minimum atomic E-state index is -1.43. The van der Waals surface area contributed by atoms with Crippen molar-refractivity contribution in [3.63, 3.8) is 0 Å². The number of pyridine rings is 1. The molecular formula is C23H32FN3O4. The highest BCUT2D eigenvalue weighted by molar-refractivity contribution is 5.99. The smallest absolute Gasteiger partial charge is 0.212 e. The molecule has 2 N–H and O–H groups in total. The lowest BCUT2D eigenvalue weighted by atomic mass is 10.0. The Morgan fingerprint density at radius 3 is 2.77 bits per heavy atom. The molecule has 1 aromatic heterocycles. The minimum absolute atomic E-state index is 0.289. The highest BCUT2D eigenvalue weighted by Gasteiger charge is 2.18. The number of aliphatic imine (C=N–C) groups is 1. The summed E-state index contributed by atoms with van der Waals surface area (Å²) < 4.78 is 31.0. The Labute approximate surface area is 183 Å². The van der Waals surface area contributed by atoms with Crippen LogP contribution in [0.2, 0.25) is 0 Å². The molecule has 0 amide bonds. The van der Waals surface area contributed by atoms with Gasteiger partial charge in [0.05, 0.1) is 26.1 Å². The van der Waals surface area contributed by atoms with Crippen molar-refractivity contribution >= 4 is 5.71 Å². The molecular weight excluding hydrogens is 401 g/mol. The number of aromatic nitrogens is 1. The molecule has 170 valence electrons. The maximum absolute atomic E-state index is 15.4. The third-order valence-corrected chi connectivity index (χ3v) is 4.64. The second-order valence-corrected chi connectivity index (χ2v) is 6.84. The molecule has 0 bridgehead atoms. The van der Waals surface area contributed by atoms with Crippen LogP contribution in [0.15, 0.2) is 59.1 Å². The quantitative estimate of drug-likeness (QED) is 0.409. The van der Waals surface area contributed by atoms with Crippen molar-refractivity contribution in [3.05, 3.63) is 59.7 Å². The first-order chi connectivity index (χ1) is 15.1. The number of aliphatic hydroxyl groups is 1. The van der Waals surface area contributed by atoms with Gasteiger partial charge < -0.3 is 19.3 Å². The van der Waals surface area contributed by atoms with Crippen LogP contribution in [0.4, 0.5) is 4.39 Å². The summed E-state index contributed by atoms with van der Waals surface area (Å²) in [7, 11) is 3.09. The van der Waals surface area contributed by atoms with E-state index in [9.17, 15) is 5.11 Å². The number of methoxy groups -OCH3 is 2. The predicted octanol–water partition coefficient (Wildman–Crippen LogP) is 3.64. The summed E-state index contributed by atoms with van der Waals surface area (Å²) in [6.07, 6.45) is 7.68. The number of nitrogens with zero attached hydrogens (tertiary/aromatic N) is 2. The molecule has 2 atom stereocenters. The topological polar surface area (TPSA) is 85.2 Å². The molecule has 0 spiro atoms. The minimum Gasteiger partial charge on any atom is -0.499 e. The summed E-state index contributed by atoms with van der Waals surface area (Å²) in [5, 5.41) is 13.6. The maximum atomic E-state index is 15.4. The molecule has 1 aliphatic heterocycles. The summed E-state index contributed by atoms with van der Waals surface area (Å²) in [6, 6.07) is 3.25. The number of hydrogen-bond acceptors (Lipinski definition) is 7. The third-order valence-electron chi connectivity index (χ3n) is 4.64. The Hall–Kier alpha value is -2.55. The van der Waals surface area contributed by atoms with E-state index in [1.165, 1.54) is 13.3 Å². The Bertz CT molecular complexity index is 791. The molecule has 7 nitrogen and oxygen atoms in total. The maximum Gasteiger partial charge on any atom is 0.212 e. The Morgan fingerprint density at radius 1 is 1.26 bits per heavy atom. The number of hydrogen-bond donors (Lipinski definition) is 2. The highest BCUT2D eigenvalue weighted by Crippen LogP contribution is 2.28. The van der Waals surface area contributed by atoms with Gasteiger partial charge in [-0.3, -0.25) is 10.3 Å². The van der Waals surface area contributed by atoms with E-state index in [1.54, 1.807) is 37.6 Å². The fourth-order valence-corrected chi connectivity index (χ4v) is 2.89. The van der Waals surface area contributed by atoms with Gasteiger partial charge in [-0.05, 0) is 37.5 Å². The number of halogens is 1.